The minimum Gasteiger partial charge on any atom is -0.496 e. The quantitative estimate of drug-likeness (QED) is 0.857. The molecule has 6 heteroatoms. The molecule has 2 fully saturated rings. The Kier molecular flexibility index (Phi) is 5.71. The molecule has 1 aliphatic heterocycles. The van der Waals surface area contributed by atoms with Gasteiger partial charge in [0.15, 0.2) is 0 Å². The van der Waals surface area contributed by atoms with Crippen molar-refractivity contribution in [3.63, 3.8) is 0 Å². The standard InChI is InChI=1S/C19H28N2O3.ClH/c1-12(13-8-5-6-10-15(13)23-4)21-17(22)19(20)14-9-7-11-24-16(14)18(19,2)3;/h5-6,8,10,12,14,16H,7,9,11,20H2,1-4H3,(H,21,22);1H. The summed E-state index contributed by atoms with van der Waals surface area (Å²) in [6.07, 6.45) is 1.98. The van der Waals surface area contributed by atoms with Crippen molar-refractivity contribution in [3.8, 4) is 5.75 Å². The second kappa shape index (κ2) is 7.14. The van der Waals surface area contributed by atoms with Crippen LogP contribution in [-0.2, 0) is 9.53 Å². The smallest absolute Gasteiger partial charge is 0.241 e. The summed E-state index contributed by atoms with van der Waals surface area (Å²) in [6, 6.07) is 7.55. The third-order valence-corrected chi connectivity index (χ3v) is 6.01. The van der Waals surface area contributed by atoms with E-state index in [1.54, 1.807) is 7.11 Å². The molecule has 1 saturated carbocycles. The van der Waals surface area contributed by atoms with Crippen LogP contribution < -0.4 is 15.8 Å². The van der Waals surface area contributed by atoms with Crippen LogP contribution in [0.15, 0.2) is 24.3 Å². The summed E-state index contributed by atoms with van der Waals surface area (Å²) >= 11 is 0. The lowest BCUT2D eigenvalue weighted by Gasteiger charge is -2.65. The Morgan fingerprint density at radius 2 is 2.08 bits per heavy atom. The average Bonchev–Trinajstić information content (AvgIpc) is 2.60. The van der Waals surface area contributed by atoms with Gasteiger partial charge in [0.25, 0.3) is 0 Å². The molecular formula is C19H29ClN2O3. The van der Waals surface area contributed by atoms with E-state index >= 15 is 0 Å². The molecule has 0 bridgehead atoms. The molecule has 1 saturated heterocycles. The first-order valence-corrected chi connectivity index (χ1v) is 8.68. The first kappa shape index (κ1) is 20.0. The molecule has 140 valence electrons. The van der Waals surface area contributed by atoms with Crippen LogP contribution in [0.5, 0.6) is 5.75 Å². The molecule has 3 rings (SSSR count). The number of rotatable bonds is 4. The highest BCUT2D eigenvalue weighted by Crippen LogP contribution is 2.57. The molecule has 1 aromatic carbocycles. The van der Waals surface area contributed by atoms with Gasteiger partial charge >= 0.3 is 0 Å². The molecular weight excluding hydrogens is 340 g/mol. The first-order valence-electron chi connectivity index (χ1n) is 8.68. The highest BCUT2D eigenvalue weighted by atomic mass is 35.5. The maximum Gasteiger partial charge on any atom is 0.241 e. The first-order chi connectivity index (χ1) is 11.3. The second-order valence-electron chi connectivity index (χ2n) is 7.57. The number of nitrogens with one attached hydrogen (secondary N) is 1. The van der Waals surface area contributed by atoms with Gasteiger partial charge in [-0.25, -0.2) is 0 Å². The van der Waals surface area contributed by atoms with Crippen LogP contribution >= 0.6 is 12.4 Å². The van der Waals surface area contributed by atoms with Crippen LogP contribution in [0, 0.1) is 11.3 Å². The predicted molar refractivity (Wildman–Crippen MR) is 100.0 cm³/mol. The van der Waals surface area contributed by atoms with E-state index < -0.39 is 5.54 Å². The van der Waals surface area contributed by atoms with Crippen molar-refractivity contribution in [2.24, 2.45) is 17.1 Å². The van der Waals surface area contributed by atoms with E-state index in [-0.39, 0.29) is 41.8 Å². The Morgan fingerprint density at radius 1 is 1.40 bits per heavy atom. The Bertz CT molecular complexity index is 637. The van der Waals surface area contributed by atoms with Gasteiger partial charge in [0.2, 0.25) is 5.91 Å². The third kappa shape index (κ3) is 2.92. The second-order valence-corrected chi connectivity index (χ2v) is 7.57. The number of fused-ring (bicyclic) bond motifs is 1. The van der Waals surface area contributed by atoms with Gasteiger partial charge in [0.05, 0.1) is 19.3 Å². The van der Waals surface area contributed by atoms with Crippen LogP contribution in [0.1, 0.15) is 45.2 Å². The van der Waals surface area contributed by atoms with E-state index in [9.17, 15) is 4.79 Å². The average molecular weight is 369 g/mol. The number of halogens is 1. The fourth-order valence-electron chi connectivity index (χ4n) is 4.45. The van der Waals surface area contributed by atoms with Crippen molar-refractivity contribution < 1.29 is 14.3 Å². The molecule has 4 atom stereocenters. The molecule has 5 nitrogen and oxygen atoms in total. The number of para-hydroxylation sites is 1. The summed E-state index contributed by atoms with van der Waals surface area (Å²) < 4.78 is 11.3. The number of hydrogen-bond acceptors (Lipinski definition) is 4. The van der Waals surface area contributed by atoms with Gasteiger partial charge < -0.3 is 20.5 Å². The lowest BCUT2D eigenvalue weighted by atomic mass is 9.46. The van der Waals surface area contributed by atoms with Crippen molar-refractivity contribution in [1.29, 1.82) is 0 Å². The van der Waals surface area contributed by atoms with Gasteiger partial charge in [-0.3, -0.25) is 4.79 Å². The fraction of sp³-hybridized carbons (Fsp3) is 0.632. The summed E-state index contributed by atoms with van der Waals surface area (Å²) in [5.41, 5.74) is 6.34. The molecule has 25 heavy (non-hydrogen) atoms. The van der Waals surface area contributed by atoms with Crippen molar-refractivity contribution >= 4 is 18.3 Å². The fourth-order valence-corrected chi connectivity index (χ4v) is 4.45. The number of benzene rings is 1. The van der Waals surface area contributed by atoms with Crippen LogP contribution in [0.4, 0.5) is 0 Å². The van der Waals surface area contributed by atoms with Crippen LogP contribution in [0.25, 0.3) is 0 Å². The largest absolute Gasteiger partial charge is 0.496 e. The monoisotopic (exact) mass is 368 g/mol. The maximum atomic E-state index is 13.1. The van der Waals surface area contributed by atoms with Crippen molar-refractivity contribution in [2.45, 2.75) is 51.3 Å². The summed E-state index contributed by atoms with van der Waals surface area (Å²) in [4.78, 5) is 13.1. The zero-order valence-electron chi connectivity index (χ0n) is 15.4. The molecule has 4 unspecified atom stereocenters. The molecule has 1 heterocycles. The van der Waals surface area contributed by atoms with E-state index in [4.69, 9.17) is 15.2 Å². The van der Waals surface area contributed by atoms with Crippen LogP contribution in [0.2, 0.25) is 0 Å². The number of hydrogen-bond donors (Lipinski definition) is 2. The lowest BCUT2D eigenvalue weighted by molar-refractivity contribution is -0.225. The summed E-state index contributed by atoms with van der Waals surface area (Å²) in [7, 11) is 1.64. The number of ether oxygens (including phenoxy) is 2. The number of amides is 1. The van der Waals surface area contributed by atoms with Gasteiger partial charge in [0, 0.05) is 23.5 Å². The third-order valence-electron chi connectivity index (χ3n) is 6.01. The Labute approximate surface area is 156 Å². The minimum absolute atomic E-state index is 0. The molecule has 1 aromatic rings. The Morgan fingerprint density at radius 3 is 2.76 bits per heavy atom. The number of nitrogens with two attached hydrogens (primary N) is 1. The Balaban J connectivity index is 0.00000225. The summed E-state index contributed by atoms with van der Waals surface area (Å²) in [5, 5.41) is 3.10. The molecule has 1 amide bonds. The molecule has 3 N–H and O–H groups in total. The molecule has 0 aromatic heterocycles. The van der Waals surface area contributed by atoms with Gasteiger partial charge in [-0.15, -0.1) is 12.4 Å². The number of carbonyl (C=O) groups is 1. The zero-order valence-corrected chi connectivity index (χ0v) is 16.2. The van der Waals surface area contributed by atoms with E-state index in [1.165, 1.54) is 0 Å². The van der Waals surface area contributed by atoms with Crippen LogP contribution in [-0.4, -0.2) is 31.3 Å². The van der Waals surface area contributed by atoms with Crippen molar-refractivity contribution in [3.05, 3.63) is 29.8 Å². The van der Waals surface area contributed by atoms with Gasteiger partial charge in [-0.05, 0) is 25.8 Å². The topological polar surface area (TPSA) is 73.6 Å². The van der Waals surface area contributed by atoms with Gasteiger partial charge in [-0.2, -0.15) is 0 Å². The van der Waals surface area contributed by atoms with Crippen molar-refractivity contribution in [1.82, 2.24) is 5.32 Å². The summed E-state index contributed by atoms with van der Waals surface area (Å²) in [6.45, 7) is 6.79. The zero-order chi connectivity index (χ0) is 17.5. The molecule has 0 spiro atoms. The highest BCUT2D eigenvalue weighted by molar-refractivity contribution is 5.90. The maximum absolute atomic E-state index is 13.1. The Hall–Kier alpha value is -1.30. The van der Waals surface area contributed by atoms with E-state index in [0.29, 0.717) is 0 Å². The van der Waals surface area contributed by atoms with E-state index in [0.717, 1.165) is 30.8 Å². The van der Waals surface area contributed by atoms with Crippen molar-refractivity contribution in [2.75, 3.05) is 13.7 Å². The van der Waals surface area contributed by atoms with Crippen LogP contribution in [0.3, 0.4) is 0 Å². The highest BCUT2D eigenvalue weighted by Gasteiger charge is 2.70. The number of methoxy groups -OCH3 is 1. The van der Waals surface area contributed by atoms with Gasteiger partial charge in [0.1, 0.15) is 11.3 Å². The van der Waals surface area contributed by atoms with E-state index in [2.05, 4.69) is 5.32 Å². The lowest BCUT2D eigenvalue weighted by Crippen LogP contribution is -2.82. The molecule has 0 radical (unpaired) electrons. The predicted octanol–water partition coefficient (Wildman–Crippen LogP) is 2.83. The summed E-state index contributed by atoms with van der Waals surface area (Å²) in [5.74, 6) is 0.756. The number of carbonyl (C=O) groups excluding carboxylic acids is 1. The normalized spacial score (nSPS) is 30.9. The SMILES string of the molecule is COc1ccccc1C(C)NC(=O)C1(N)C2CCCOC2C1(C)C.Cl. The minimum atomic E-state index is -0.894. The molecule has 2 aliphatic rings. The van der Waals surface area contributed by atoms with E-state index in [1.807, 2.05) is 45.0 Å². The molecule has 1 aliphatic carbocycles. The van der Waals surface area contributed by atoms with Gasteiger partial charge in [-0.1, -0.05) is 32.0 Å².